The minimum Gasteiger partial charge on any atom is -0.493 e. The molecule has 0 spiro atoms. The van der Waals surface area contributed by atoms with Crippen LogP contribution in [0.2, 0.25) is 0 Å². The molecule has 2 aromatic carbocycles. The van der Waals surface area contributed by atoms with Crippen molar-refractivity contribution in [2.45, 2.75) is 18.9 Å². The quantitative estimate of drug-likeness (QED) is 0.547. The molecule has 0 amide bonds. The number of nitrogens with zero attached hydrogens (tertiary/aromatic N) is 5. The molecular formula is C23H20N6O2. The molecule has 1 aliphatic rings. The van der Waals surface area contributed by atoms with Crippen LogP contribution in [0.4, 0.5) is 5.82 Å². The van der Waals surface area contributed by atoms with Gasteiger partial charge in [0.25, 0.3) is 0 Å². The van der Waals surface area contributed by atoms with E-state index in [2.05, 4.69) is 40.3 Å². The summed E-state index contributed by atoms with van der Waals surface area (Å²) in [6.45, 7) is 0. The number of nitrogen functional groups attached to an aromatic ring is 1. The molecule has 0 atom stereocenters. The number of rotatable bonds is 4. The first-order chi connectivity index (χ1) is 15.1. The number of nitriles is 1. The van der Waals surface area contributed by atoms with Crippen molar-refractivity contribution in [1.82, 2.24) is 19.7 Å². The second-order valence-corrected chi connectivity index (χ2v) is 7.45. The molecule has 8 heteroatoms. The van der Waals surface area contributed by atoms with E-state index in [1.807, 2.05) is 4.68 Å². The maximum absolute atomic E-state index is 9.63. The van der Waals surface area contributed by atoms with Crippen molar-refractivity contribution < 1.29 is 9.47 Å². The maximum Gasteiger partial charge on any atom is 0.178 e. The average molecular weight is 412 g/mol. The summed E-state index contributed by atoms with van der Waals surface area (Å²) in [5.74, 6) is 1.17. The number of ether oxygens (including phenoxy) is 2. The van der Waals surface area contributed by atoms with Gasteiger partial charge < -0.3 is 15.2 Å². The van der Waals surface area contributed by atoms with E-state index in [0.29, 0.717) is 45.2 Å². The number of fused-ring (bicyclic) bond motifs is 2. The molecule has 4 aromatic rings. The van der Waals surface area contributed by atoms with Gasteiger partial charge in [0.15, 0.2) is 17.1 Å². The third-order valence-corrected chi connectivity index (χ3v) is 5.77. The molecule has 31 heavy (non-hydrogen) atoms. The summed E-state index contributed by atoms with van der Waals surface area (Å²) >= 11 is 0. The molecule has 0 bridgehead atoms. The Bertz CT molecular complexity index is 1330. The minimum absolute atomic E-state index is 0.124. The van der Waals surface area contributed by atoms with Gasteiger partial charge in [-0.2, -0.15) is 10.4 Å². The molecule has 8 nitrogen and oxygen atoms in total. The summed E-state index contributed by atoms with van der Waals surface area (Å²) in [7, 11) is 3.04. The SMILES string of the molecule is COc1cc(-c2nn(C3Cc4ccccc4C3)c3ncnc(N)c23)cc(C#N)c1OC. The Labute approximate surface area is 178 Å². The van der Waals surface area contributed by atoms with E-state index in [1.54, 1.807) is 12.1 Å². The molecule has 0 saturated carbocycles. The Balaban J connectivity index is 1.71. The Kier molecular flexibility index (Phi) is 4.44. The Hall–Kier alpha value is -4.12. The zero-order valence-corrected chi connectivity index (χ0v) is 17.2. The average Bonchev–Trinajstić information content (AvgIpc) is 3.40. The zero-order valence-electron chi connectivity index (χ0n) is 17.2. The minimum atomic E-state index is 0.124. The lowest BCUT2D eigenvalue weighted by molar-refractivity contribution is 0.354. The second-order valence-electron chi connectivity index (χ2n) is 7.45. The van der Waals surface area contributed by atoms with Gasteiger partial charge in [-0.05, 0) is 36.1 Å². The number of anilines is 1. The molecule has 0 unspecified atom stereocenters. The molecule has 154 valence electrons. The van der Waals surface area contributed by atoms with Gasteiger partial charge in [0.2, 0.25) is 0 Å². The highest BCUT2D eigenvalue weighted by molar-refractivity contribution is 5.98. The molecule has 2 N–H and O–H groups in total. The molecular weight excluding hydrogens is 392 g/mol. The summed E-state index contributed by atoms with van der Waals surface area (Å²) in [5, 5.41) is 15.2. The van der Waals surface area contributed by atoms with Crippen molar-refractivity contribution >= 4 is 16.9 Å². The van der Waals surface area contributed by atoms with Crippen molar-refractivity contribution in [3.8, 4) is 28.8 Å². The summed E-state index contributed by atoms with van der Waals surface area (Å²) in [4.78, 5) is 8.69. The van der Waals surface area contributed by atoms with Crippen LogP contribution in [0.25, 0.3) is 22.3 Å². The largest absolute Gasteiger partial charge is 0.493 e. The van der Waals surface area contributed by atoms with Crippen LogP contribution in [-0.4, -0.2) is 34.0 Å². The van der Waals surface area contributed by atoms with Crippen molar-refractivity contribution in [3.05, 3.63) is 59.4 Å². The molecule has 5 rings (SSSR count). The Morgan fingerprint density at radius 1 is 1.10 bits per heavy atom. The first-order valence-electron chi connectivity index (χ1n) is 9.86. The molecule has 1 aliphatic carbocycles. The lowest BCUT2D eigenvalue weighted by atomic mass is 10.0. The van der Waals surface area contributed by atoms with Crippen LogP contribution in [-0.2, 0) is 12.8 Å². The van der Waals surface area contributed by atoms with E-state index in [1.165, 1.54) is 31.7 Å². The van der Waals surface area contributed by atoms with Gasteiger partial charge in [-0.1, -0.05) is 24.3 Å². The van der Waals surface area contributed by atoms with Gasteiger partial charge in [0.05, 0.1) is 31.2 Å². The van der Waals surface area contributed by atoms with Crippen molar-refractivity contribution in [3.63, 3.8) is 0 Å². The highest BCUT2D eigenvalue weighted by Gasteiger charge is 2.28. The molecule has 0 fully saturated rings. The third-order valence-electron chi connectivity index (χ3n) is 5.77. The number of hydrogen-bond acceptors (Lipinski definition) is 7. The maximum atomic E-state index is 9.63. The molecule has 2 aromatic heterocycles. The van der Waals surface area contributed by atoms with Crippen molar-refractivity contribution in [1.29, 1.82) is 5.26 Å². The van der Waals surface area contributed by atoms with Gasteiger partial charge in [0.1, 0.15) is 23.9 Å². The fraction of sp³-hybridized carbons (Fsp3) is 0.217. The van der Waals surface area contributed by atoms with E-state index >= 15 is 0 Å². The highest BCUT2D eigenvalue weighted by Crippen LogP contribution is 2.40. The standard InChI is InChI=1S/C23H20N6O2/c1-30-18-10-15(7-16(11-24)21(18)31-2)20-19-22(25)26-12-27-23(19)29(28-20)17-8-13-5-3-4-6-14(13)9-17/h3-7,10,12,17H,8-9H2,1-2H3,(H2,25,26,27). The summed E-state index contributed by atoms with van der Waals surface area (Å²) in [6, 6.07) is 14.2. The van der Waals surface area contributed by atoms with Crippen LogP contribution in [0, 0.1) is 11.3 Å². The van der Waals surface area contributed by atoms with E-state index in [0.717, 1.165) is 12.8 Å². The third kappa shape index (κ3) is 2.94. The van der Waals surface area contributed by atoms with Crippen LogP contribution in [0.3, 0.4) is 0 Å². The summed E-state index contributed by atoms with van der Waals surface area (Å²) < 4.78 is 12.8. The predicted octanol–water partition coefficient (Wildman–Crippen LogP) is 3.30. The number of hydrogen-bond donors (Lipinski definition) is 1. The lowest BCUT2D eigenvalue weighted by Crippen LogP contribution is -2.11. The Morgan fingerprint density at radius 2 is 1.84 bits per heavy atom. The molecule has 0 aliphatic heterocycles. The van der Waals surface area contributed by atoms with Gasteiger partial charge >= 0.3 is 0 Å². The molecule has 0 saturated heterocycles. The number of aromatic nitrogens is 4. The molecule has 0 radical (unpaired) electrons. The summed E-state index contributed by atoms with van der Waals surface area (Å²) in [6.07, 6.45) is 3.19. The summed E-state index contributed by atoms with van der Waals surface area (Å²) in [5.41, 5.74) is 11.2. The highest BCUT2D eigenvalue weighted by atomic mass is 16.5. The predicted molar refractivity (Wildman–Crippen MR) is 116 cm³/mol. The number of benzene rings is 2. The fourth-order valence-electron chi connectivity index (χ4n) is 4.34. The number of nitrogens with two attached hydrogens (primary N) is 1. The van der Waals surface area contributed by atoms with Crippen molar-refractivity contribution in [2.24, 2.45) is 0 Å². The lowest BCUT2D eigenvalue weighted by Gasteiger charge is -2.11. The van der Waals surface area contributed by atoms with Crippen molar-refractivity contribution in [2.75, 3.05) is 20.0 Å². The fourth-order valence-corrected chi connectivity index (χ4v) is 4.34. The van der Waals surface area contributed by atoms with Gasteiger partial charge in [-0.3, -0.25) is 0 Å². The van der Waals surface area contributed by atoms with Crippen LogP contribution >= 0.6 is 0 Å². The monoisotopic (exact) mass is 412 g/mol. The van der Waals surface area contributed by atoms with Crippen LogP contribution in [0.15, 0.2) is 42.7 Å². The van der Waals surface area contributed by atoms with Gasteiger partial charge in [-0.15, -0.1) is 0 Å². The smallest absolute Gasteiger partial charge is 0.178 e. The van der Waals surface area contributed by atoms with Crippen LogP contribution in [0.5, 0.6) is 11.5 Å². The van der Waals surface area contributed by atoms with E-state index in [4.69, 9.17) is 20.3 Å². The first kappa shape index (κ1) is 18.9. The van der Waals surface area contributed by atoms with E-state index in [-0.39, 0.29) is 6.04 Å². The zero-order chi connectivity index (χ0) is 21.5. The van der Waals surface area contributed by atoms with Gasteiger partial charge in [0, 0.05) is 5.56 Å². The van der Waals surface area contributed by atoms with Crippen LogP contribution < -0.4 is 15.2 Å². The van der Waals surface area contributed by atoms with Crippen LogP contribution in [0.1, 0.15) is 22.7 Å². The second kappa shape index (κ2) is 7.29. The Morgan fingerprint density at radius 3 is 2.48 bits per heavy atom. The van der Waals surface area contributed by atoms with Gasteiger partial charge in [-0.25, -0.2) is 14.6 Å². The molecule has 2 heterocycles. The topological polar surface area (TPSA) is 112 Å². The van der Waals surface area contributed by atoms with E-state index in [9.17, 15) is 5.26 Å². The van der Waals surface area contributed by atoms with E-state index < -0.39 is 0 Å². The first-order valence-corrected chi connectivity index (χ1v) is 9.86. The number of methoxy groups -OCH3 is 2. The normalized spacial score (nSPS) is 13.2.